The van der Waals surface area contributed by atoms with Crippen LogP contribution < -0.4 is 0 Å². The maximum atomic E-state index is 5.32. The van der Waals surface area contributed by atoms with E-state index in [0.29, 0.717) is 0 Å². The topological polar surface area (TPSA) is 9.72 Å². The summed E-state index contributed by atoms with van der Waals surface area (Å²) >= 11 is 5.32. The quantitative estimate of drug-likeness (QED) is 0.629. The Kier molecular flexibility index (Phi) is 4.62. The lowest BCUT2D eigenvalue weighted by Gasteiger charge is -2.24. The lowest BCUT2D eigenvalue weighted by Crippen LogP contribution is -2.37. The Balaban J connectivity index is 2.28. The predicted octanol–water partition coefficient (Wildman–Crippen LogP) is 0.860. The van der Waals surface area contributed by atoms with Crippen LogP contribution in [0, 0.1) is 0 Å². The molecule has 0 aromatic heterocycles. The van der Waals surface area contributed by atoms with E-state index in [4.69, 9.17) is 12.2 Å². The van der Waals surface area contributed by atoms with Crippen molar-refractivity contribution in [1.82, 2.24) is 14.7 Å². The van der Waals surface area contributed by atoms with Gasteiger partial charge in [0, 0.05) is 33.2 Å². The molecule has 0 N–H and O–H groups in total. The summed E-state index contributed by atoms with van der Waals surface area (Å²) in [5.41, 5.74) is 0. The molecule has 0 bridgehead atoms. The fraction of sp³-hybridized carbons (Fsp3) is 0.900. The summed E-state index contributed by atoms with van der Waals surface area (Å²) in [5.74, 6) is 0. The normalized spacial score (nSPS) is 17.3. The third-order valence-corrected chi connectivity index (χ3v) is 3.45. The first-order valence-electron chi connectivity index (χ1n) is 5.41. The first-order valence-corrected chi connectivity index (χ1v) is 5.82. The molecule has 0 amide bonds. The summed E-state index contributed by atoms with van der Waals surface area (Å²) in [7, 11) is 2.07. The van der Waals surface area contributed by atoms with Gasteiger partial charge in [0.05, 0.1) is 0 Å². The highest BCUT2D eigenvalue weighted by molar-refractivity contribution is 7.80. The number of likely N-dealkylation sites (N-methyl/N-ethyl adjacent to an activating group) is 2. The van der Waals surface area contributed by atoms with E-state index < -0.39 is 0 Å². The van der Waals surface area contributed by atoms with Gasteiger partial charge in [-0.05, 0) is 25.3 Å². The van der Waals surface area contributed by atoms with Crippen LogP contribution in [0.25, 0.3) is 0 Å². The van der Waals surface area contributed by atoms with Crippen LogP contribution >= 0.6 is 12.2 Å². The van der Waals surface area contributed by atoms with Crippen LogP contribution in [0.1, 0.15) is 13.8 Å². The molecule has 0 saturated carbocycles. The fourth-order valence-electron chi connectivity index (χ4n) is 1.71. The van der Waals surface area contributed by atoms with Crippen molar-refractivity contribution in [2.75, 3.05) is 46.3 Å². The molecule has 3 nitrogen and oxygen atoms in total. The van der Waals surface area contributed by atoms with Crippen LogP contribution in [0.2, 0.25) is 0 Å². The Morgan fingerprint density at radius 2 is 1.93 bits per heavy atom. The maximum Gasteiger partial charge on any atom is 0.171 e. The minimum Gasteiger partial charge on any atom is -0.350 e. The van der Waals surface area contributed by atoms with Gasteiger partial charge in [0.15, 0.2) is 5.11 Å². The second kappa shape index (κ2) is 5.51. The van der Waals surface area contributed by atoms with E-state index in [9.17, 15) is 0 Å². The molecule has 4 heteroatoms. The molecule has 0 aliphatic carbocycles. The van der Waals surface area contributed by atoms with E-state index in [1.54, 1.807) is 0 Å². The van der Waals surface area contributed by atoms with E-state index in [0.717, 1.165) is 44.4 Å². The average molecular weight is 215 g/mol. The Bertz CT molecular complexity index is 192. The standard InChI is InChI=1S/C10H21N3S/c1-4-12(5-2)7-9-13-8-6-11(3)10(13)14/h4-9H2,1-3H3. The van der Waals surface area contributed by atoms with Gasteiger partial charge < -0.3 is 14.7 Å². The van der Waals surface area contributed by atoms with Gasteiger partial charge in [0.2, 0.25) is 0 Å². The van der Waals surface area contributed by atoms with Gasteiger partial charge in [-0.15, -0.1) is 0 Å². The first-order chi connectivity index (χ1) is 6.69. The average Bonchev–Trinajstić information content (AvgIpc) is 2.51. The van der Waals surface area contributed by atoms with Crippen molar-refractivity contribution in [2.24, 2.45) is 0 Å². The number of thiocarbonyl (C=S) groups is 1. The maximum absolute atomic E-state index is 5.32. The lowest BCUT2D eigenvalue weighted by molar-refractivity contribution is 0.275. The van der Waals surface area contributed by atoms with Gasteiger partial charge in [0.25, 0.3) is 0 Å². The van der Waals surface area contributed by atoms with E-state index in [-0.39, 0.29) is 0 Å². The highest BCUT2D eigenvalue weighted by Crippen LogP contribution is 2.06. The number of rotatable bonds is 5. The van der Waals surface area contributed by atoms with Crippen molar-refractivity contribution >= 4 is 17.3 Å². The molecule has 0 spiro atoms. The van der Waals surface area contributed by atoms with Crippen LogP contribution in [-0.4, -0.2) is 66.1 Å². The zero-order valence-corrected chi connectivity index (χ0v) is 10.3. The predicted molar refractivity (Wildman–Crippen MR) is 64.6 cm³/mol. The van der Waals surface area contributed by atoms with E-state index in [1.165, 1.54) is 0 Å². The summed E-state index contributed by atoms with van der Waals surface area (Å²) in [5, 5.41) is 1.01. The zero-order valence-electron chi connectivity index (χ0n) is 9.49. The molecule has 0 aromatic carbocycles. The molecule has 0 radical (unpaired) electrons. The Morgan fingerprint density at radius 3 is 2.36 bits per heavy atom. The number of hydrogen-bond donors (Lipinski definition) is 0. The molecular formula is C10H21N3S. The Morgan fingerprint density at radius 1 is 1.29 bits per heavy atom. The van der Waals surface area contributed by atoms with Crippen molar-refractivity contribution in [3.05, 3.63) is 0 Å². The molecule has 1 fully saturated rings. The molecule has 1 aliphatic rings. The van der Waals surface area contributed by atoms with Crippen LogP contribution in [0.3, 0.4) is 0 Å². The zero-order chi connectivity index (χ0) is 10.6. The third-order valence-electron chi connectivity index (χ3n) is 2.88. The van der Waals surface area contributed by atoms with Gasteiger partial charge in [-0.2, -0.15) is 0 Å². The summed E-state index contributed by atoms with van der Waals surface area (Å²) in [6, 6.07) is 0. The summed E-state index contributed by atoms with van der Waals surface area (Å²) in [6.45, 7) is 11.1. The van der Waals surface area contributed by atoms with Crippen LogP contribution in [0.5, 0.6) is 0 Å². The Labute approximate surface area is 92.7 Å². The SMILES string of the molecule is CCN(CC)CCN1CCN(C)C1=S. The molecular weight excluding hydrogens is 194 g/mol. The highest BCUT2D eigenvalue weighted by Gasteiger charge is 2.20. The van der Waals surface area contributed by atoms with E-state index in [2.05, 4.69) is 35.6 Å². The monoisotopic (exact) mass is 215 g/mol. The fourth-order valence-corrected chi connectivity index (χ4v) is 1.99. The van der Waals surface area contributed by atoms with Crippen molar-refractivity contribution in [2.45, 2.75) is 13.8 Å². The largest absolute Gasteiger partial charge is 0.350 e. The molecule has 14 heavy (non-hydrogen) atoms. The Hall–Kier alpha value is -0.350. The lowest BCUT2D eigenvalue weighted by atomic mass is 10.4. The molecule has 0 aromatic rings. The van der Waals surface area contributed by atoms with Crippen molar-refractivity contribution < 1.29 is 0 Å². The van der Waals surface area contributed by atoms with E-state index >= 15 is 0 Å². The van der Waals surface area contributed by atoms with E-state index in [1.807, 2.05) is 0 Å². The second-order valence-corrected chi connectivity index (χ2v) is 4.08. The highest BCUT2D eigenvalue weighted by atomic mass is 32.1. The molecule has 82 valence electrons. The summed E-state index contributed by atoms with van der Waals surface area (Å²) in [4.78, 5) is 6.88. The smallest absolute Gasteiger partial charge is 0.171 e. The van der Waals surface area contributed by atoms with Crippen LogP contribution in [0.4, 0.5) is 0 Å². The molecule has 1 heterocycles. The van der Waals surface area contributed by atoms with Crippen molar-refractivity contribution in [3.8, 4) is 0 Å². The summed E-state index contributed by atoms with van der Waals surface area (Å²) in [6.07, 6.45) is 0. The second-order valence-electron chi connectivity index (χ2n) is 3.72. The number of hydrogen-bond acceptors (Lipinski definition) is 2. The van der Waals surface area contributed by atoms with Gasteiger partial charge >= 0.3 is 0 Å². The molecule has 0 atom stereocenters. The molecule has 1 saturated heterocycles. The van der Waals surface area contributed by atoms with Gasteiger partial charge in [0.1, 0.15) is 0 Å². The minimum absolute atomic E-state index is 1.01. The first kappa shape index (κ1) is 11.7. The van der Waals surface area contributed by atoms with Gasteiger partial charge in [-0.3, -0.25) is 0 Å². The minimum atomic E-state index is 1.01. The molecule has 1 rings (SSSR count). The van der Waals surface area contributed by atoms with Gasteiger partial charge in [-0.25, -0.2) is 0 Å². The summed E-state index contributed by atoms with van der Waals surface area (Å²) < 4.78 is 0. The third kappa shape index (κ3) is 2.82. The van der Waals surface area contributed by atoms with Crippen molar-refractivity contribution in [1.29, 1.82) is 0 Å². The van der Waals surface area contributed by atoms with Crippen LogP contribution in [0.15, 0.2) is 0 Å². The molecule has 1 aliphatic heterocycles. The van der Waals surface area contributed by atoms with Crippen LogP contribution in [-0.2, 0) is 0 Å². The van der Waals surface area contributed by atoms with Gasteiger partial charge in [-0.1, -0.05) is 13.8 Å². The molecule has 0 unspecified atom stereocenters. The number of nitrogens with zero attached hydrogens (tertiary/aromatic N) is 3. The van der Waals surface area contributed by atoms with Crippen molar-refractivity contribution in [3.63, 3.8) is 0 Å².